The smallest absolute Gasteiger partial charge is 0.243 e. The van der Waals surface area contributed by atoms with E-state index in [1.807, 2.05) is 55.4 Å². The van der Waals surface area contributed by atoms with Crippen molar-refractivity contribution in [1.29, 1.82) is 0 Å². The first-order valence-electron chi connectivity index (χ1n) is 8.08. The van der Waals surface area contributed by atoms with Gasteiger partial charge < -0.3 is 10.2 Å². The molecule has 1 heterocycles. The predicted octanol–water partition coefficient (Wildman–Crippen LogP) is 2.38. The van der Waals surface area contributed by atoms with Crippen molar-refractivity contribution >= 4 is 23.2 Å². The Morgan fingerprint density at radius 2 is 1.88 bits per heavy atom. The summed E-state index contributed by atoms with van der Waals surface area (Å²) in [7, 11) is 3.97. The van der Waals surface area contributed by atoms with Crippen molar-refractivity contribution in [2.45, 2.75) is 13.1 Å². The molecule has 134 valence electrons. The lowest BCUT2D eigenvalue weighted by molar-refractivity contribution is -0.122. The van der Waals surface area contributed by atoms with Crippen molar-refractivity contribution in [3.8, 4) is 11.4 Å². The van der Waals surface area contributed by atoms with Crippen LogP contribution >= 0.6 is 11.6 Å². The number of benzene rings is 2. The predicted molar refractivity (Wildman–Crippen MR) is 101 cm³/mol. The Balaban J connectivity index is 1.56. The van der Waals surface area contributed by atoms with Crippen LogP contribution in [0.15, 0.2) is 48.5 Å². The molecule has 0 unspecified atom stereocenters. The van der Waals surface area contributed by atoms with Gasteiger partial charge in [0.2, 0.25) is 11.7 Å². The largest absolute Gasteiger partial charge is 0.378 e. The molecule has 0 radical (unpaired) electrons. The van der Waals surface area contributed by atoms with Crippen LogP contribution in [0.2, 0.25) is 5.02 Å². The lowest BCUT2D eigenvalue weighted by Gasteiger charge is -2.12. The number of nitrogens with one attached hydrogen (secondary N) is 1. The van der Waals surface area contributed by atoms with Gasteiger partial charge in [0, 0.05) is 31.9 Å². The molecule has 26 heavy (non-hydrogen) atoms. The zero-order valence-corrected chi connectivity index (χ0v) is 15.3. The fourth-order valence-electron chi connectivity index (χ4n) is 2.36. The van der Waals surface area contributed by atoms with Crippen LogP contribution < -0.4 is 10.2 Å². The van der Waals surface area contributed by atoms with E-state index >= 15 is 0 Å². The number of aromatic nitrogens is 4. The molecule has 7 nitrogen and oxygen atoms in total. The number of anilines is 1. The van der Waals surface area contributed by atoms with Gasteiger partial charge in [0.1, 0.15) is 6.54 Å². The highest BCUT2D eigenvalue weighted by molar-refractivity contribution is 6.33. The number of hydrogen-bond acceptors (Lipinski definition) is 5. The lowest BCUT2D eigenvalue weighted by Crippen LogP contribution is -2.28. The summed E-state index contributed by atoms with van der Waals surface area (Å²) in [6.07, 6.45) is 0. The molecule has 1 N–H and O–H groups in total. The van der Waals surface area contributed by atoms with Crippen molar-refractivity contribution in [1.82, 2.24) is 25.5 Å². The number of carbonyl (C=O) groups is 1. The number of hydrogen-bond donors (Lipinski definition) is 1. The number of carbonyl (C=O) groups excluding carboxylic acids is 1. The summed E-state index contributed by atoms with van der Waals surface area (Å²) >= 11 is 6.12. The van der Waals surface area contributed by atoms with E-state index in [1.54, 1.807) is 12.1 Å². The van der Waals surface area contributed by atoms with Gasteiger partial charge >= 0.3 is 0 Å². The highest BCUT2D eigenvalue weighted by atomic mass is 35.5. The Kier molecular flexibility index (Phi) is 5.48. The molecule has 0 aliphatic carbocycles. The minimum absolute atomic E-state index is 0.00671. The third kappa shape index (κ3) is 4.37. The molecule has 0 saturated heterocycles. The molecule has 3 aromatic rings. The maximum Gasteiger partial charge on any atom is 0.243 e. The van der Waals surface area contributed by atoms with Gasteiger partial charge in [-0.2, -0.15) is 4.80 Å². The van der Waals surface area contributed by atoms with E-state index in [0.29, 0.717) is 23.0 Å². The molecule has 8 heteroatoms. The fourth-order valence-corrected chi connectivity index (χ4v) is 2.58. The van der Waals surface area contributed by atoms with E-state index in [4.69, 9.17) is 11.6 Å². The van der Waals surface area contributed by atoms with Crippen LogP contribution in [0.4, 0.5) is 5.69 Å². The summed E-state index contributed by atoms with van der Waals surface area (Å²) in [6.45, 7) is 0.436. The first-order valence-corrected chi connectivity index (χ1v) is 8.46. The Morgan fingerprint density at radius 1 is 1.15 bits per heavy atom. The molecule has 0 bridgehead atoms. The van der Waals surface area contributed by atoms with E-state index in [0.717, 1.165) is 11.3 Å². The Labute approximate surface area is 156 Å². The number of nitrogens with zero attached hydrogens (tertiary/aromatic N) is 5. The van der Waals surface area contributed by atoms with Crippen molar-refractivity contribution < 1.29 is 4.79 Å². The Bertz CT molecular complexity index is 891. The van der Waals surface area contributed by atoms with Crippen LogP contribution in [0.5, 0.6) is 0 Å². The molecule has 1 amide bonds. The molecule has 0 fully saturated rings. The van der Waals surface area contributed by atoms with E-state index < -0.39 is 0 Å². The first kappa shape index (κ1) is 17.9. The minimum atomic E-state index is -0.190. The van der Waals surface area contributed by atoms with E-state index in [1.165, 1.54) is 4.80 Å². The topological polar surface area (TPSA) is 75.9 Å². The molecule has 3 rings (SSSR count). The molecule has 0 aliphatic heterocycles. The van der Waals surface area contributed by atoms with Gasteiger partial charge in [0.05, 0.1) is 5.02 Å². The summed E-state index contributed by atoms with van der Waals surface area (Å²) in [4.78, 5) is 15.4. The van der Waals surface area contributed by atoms with Crippen molar-refractivity contribution in [2.75, 3.05) is 19.0 Å². The first-order chi connectivity index (χ1) is 12.5. The second-order valence-electron chi connectivity index (χ2n) is 5.96. The van der Waals surface area contributed by atoms with Gasteiger partial charge in [-0.05, 0) is 35.0 Å². The lowest BCUT2D eigenvalue weighted by atomic mass is 10.2. The van der Waals surface area contributed by atoms with Gasteiger partial charge in [-0.15, -0.1) is 10.2 Å². The van der Waals surface area contributed by atoms with Crippen molar-refractivity contribution in [3.05, 3.63) is 59.1 Å². The Morgan fingerprint density at radius 3 is 2.58 bits per heavy atom. The summed E-state index contributed by atoms with van der Waals surface area (Å²) < 4.78 is 0. The quantitative estimate of drug-likeness (QED) is 0.721. The van der Waals surface area contributed by atoms with Gasteiger partial charge in [0.25, 0.3) is 0 Å². The average Bonchev–Trinajstić information content (AvgIpc) is 3.09. The molecule has 0 aliphatic rings. The SMILES string of the molecule is CN(C)c1ccc(CNC(=O)Cn2nnc(-c3ccccc3Cl)n2)cc1. The van der Waals surface area contributed by atoms with E-state index in [-0.39, 0.29) is 12.5 Å². The Hall–Kier alpha value is -2.93. The van der Waals surface area contributed by atoms with Crippen LogP contribution in [0.3, 0.4) is 0 Å². The molecule has 1 aromatic heterocycles. The third-order valence-electron chi connectivity index (χ3n) is 3.80. The monoisotopic (exact) mass is 370 g/mol. The summed E-state index contributed by atoms with van der Waals surface area (Å²) in [5.74, 6) is 0.201. The van der Waals surface area contributed by atoms with Crippen LogP contribution in [0.25, 0.3) is 11.4 Å². The van der Waals surface area contributed by atoms with Crippen LogP contribution in [0.1, 0.15) is 5.56 Å². The van der Waals surface area contributed by atoms with Crippen molar-refractivity contribution in [2.24, 2.45) is 0 Å². The number of halogens is 1. The van der Waals surface area contributed by atoms with Gasteiger partial charge in [0.15, 0.2) is 0 Å². The minimum Gasteiger partial charge on any atom is -0.378 e. The maximum absolute atomic E-state index is 12.1. The highest BCUT2D eigenvalue weighted by Gasteiger charge is 2.11. The van der Waals surface area contributed by atoms with Crippen LogP contribution in [0, 0.1) is 0 Å². The number of amides is 1. The number of tetrazole rings is 1. The third-order valence-corrected chi connectivity index (χ3v) is 4.12. The summed E-state index contributed by atoms with van der Waals surface area (Å²) in [5.41, 5.74) is 2.81. The zero-order valence-electron chi connectivity index (χ0n) is 14.6. The second-order valence-corrected chi connectivity index (χ2v) is 6.37. The van der Waals surface area contributed by atoms with Gasteiger partial charge in [-0.3, -0.25) is 4.79 Å². The molecular formula is C18H19ClN6O. The van der Waals surface area contributed by atoms with Crippen LogP contribution in [-0.4, -0.2) is 40.2 Å². The van der Waals surface area contributed by atoms with Gasteiger partial charge in [-0.25, -0.2) is 0 Å². The van der Waals surface area contributed by atoms with E-state index in [9.17, 15) is 4.79 Å². The zero-order chi connectivity index (χ0) is 18.5. The summed E-state index contributed by atoms with van der Waals surface area (Å²) in [5, 5.41) is 15.5. The molecule has 0 atom stereocenters. The summed E-state index contributed by atoms with van der Waals surface area (Å²) in [6, 6.07) is 15.2. The molecule has 0 spiro atoms. The molecule has 0 saturated carbocycles. The normalized spacial score (nSPS) is 10.6. The van der Waals surface area contributed by atoms with Crippen molar-refractivity contribution in [3.63, 3.8) is 0 Å². The molecule has 2 aromatic carbocycles. The highest BCUT2D eigenvalue weighted by Crippen LogP contribution is 2.23. The van der Waals surface area contributed by atoms with Crippen LogP contribution in [-0.2, 0) is 17.9 Å². The second kappa shape index (κ2) is 7.97. The maximum atomic E-state index is 12.1. The standard InChI is InChI=1S/C18H19ClN6O/c1-24(2)14-9-7-13(8-10-14)11-20-17(26)12-25-22-18(21-23-25)15-5-3-4-6-16(15)19/h3-10H,11-12H2,1-2H3,(H,20,26). The fraction of sp³-hybridized carbons (Fsp3) is 0.222. The average molecular weight is 371 g/mol. The van der Waals surface area contributed by atoms with Gasteiger partial charge in [-0.1, -0.05) is 35.9 Å². The van der Waals surface area contributed by atoms with E-state index in [2.05, 4.69) is 20.7 Å². The molecular weight excluding hydrogens is 352 g/mol. The number of rotatable bonds is 6.